The van der Waals surface area contributed by atoms with Crippen molar-refractivity contribution in [2.75, 3.05) is 0 Å². The Kier molecular flexibility index (Phi) is 13.6. The van der Waals surface area contributed by atoms with E-state index in [1.807, 2.05) is 27.7 Å². The van der Waals surface area contributed by atoms with Gasteiger partial charge in [-0.2, -0.15) is 0 Å². The Labute approximate surface area is 123 Å². The van der Waals surface area contributed by atoms with Gasteiger partial charge >= 0.3 is 9.17 Å². The lowest BCUT2D eigenvalue weighted by Crippen LogP contribution is -2.45. The maximum absolute atomic E-state index is 8.96. The summed E-state index contributed by atoms with van der Waals surface area (Å²) in [5.41, 5.74) is 10.4. The fourth-order valence-corrected chi connectivity index (χ4v) is 0.591. The Bertz CT molecular complexity index is 234. The highest BCUT2D eigenvalue weighted by Crippen LogP contribution is 2.09. The van der Waals surface area contributed by atoms with Crippen molar-refractivity contribution in [3.8, 4) is 0 Å². The summed E-state index contributed by atoms with van der Waals surface area (Å²) in [6.45, 7) is 11.0. The monoisotopic (exact) mass is 312 g/mol. The Morgan fingerprint density at radius 1 is 0.950 bits per heavy atom. The highest BCUT2D eigenvalue weighted by atomic mass is 28.3. The summed E-state index contributed by atoms with van der Waals surface area (Å²) in [5, 5.41) is 17.9. The first kappa shape index (κ1) is 24.5. The van der Waals surface area contributed by atoms with Crippen LogP contribution in [0.4, 0.5) is 0 Å². The van der Waals surface area contributed by atoms with Crippen molar-refractivity contribution in [1.82, 2.24) is 0 Å². The molecule has 0 aliphatic heterocycles. The summed E-state index contributed by atoms with van der Waals surface area (Å²) in [5.74, 6) is 0. The lowest BCUT2D eigenvalue weighted by atomic mass is 9.95. The van der Waals surface area contributed by atoms with Crippen LogP contribution in [0.5, 0.6) is 0 Å². The third kappa shape index (κ3) is 15.5. The van der Waals surface area contributed by atoms with Crippen molar-refractivity contribution in [2.24, 2.45) is 11.5 Å². The molecule has 8 heteroatoms. The molecule has 0 saturated carbocycles. The van der Waals surface area contributed by atoms with Crippen LogP contribution < -0.4 is 11.5 Å². The van der Waals surface area contributed by atoms with E-state index in [2.05, 4.69) is 0 Å². The SMILES string of the molecule is CCC(C)(N)C(C)O.CCC(C)(N)C(C)O.O=[Si](O)O. The molecule has 0 rings (SSSR count). The zero-order valence-corrected chi connectivity index (χ0v) is 14.4. The molecule has 7 nitrogen and oxygen atoms in total. The fraction of sp³-hybridized carbons (Fsp3) is 1.00. The molecule has 124 valence electrons. The van der Waals surface area contributed by atoms with Gasteiger partial charge in [0.15, 0.2) is 0 Å². The predicted molar refractivity (Wildman–Crippen MR) is 80.0 cm³/mol. The lowest BCUT2D eigenvalue weighted by Gasteiger charge is -2.25. The minimum Gasteiger partial charge on any atom is -0.511 e. The topological polar surface area (TPSA) is 150 Å². The largest absolute Gasteiger partial charge is 0.761 e. The molecule has 0 spiro atoms. The van der Waals surface area contributed by atoms with Gasteiger partial charge in [0.2, 0.25) is 0 Å². The molecule has 0 amide bonds. The van der Waals surface area contributed by atoms with Crippen LogP contribution >= 0.6 is 0 Å². The summed E-state index contributed by atoms with van der Waals surface area (Å²) in [6.07, 6.45) is 0.801. The predicted octanol–water partition coefficient (Wildman–Crippen LogP) is -0.624. The van der Waals surface area contributed by atoms with Crippen molar-refractivity contribution < 1.29 is 24.3 Å². The third-order valence-corrected chi connectivity index (χ3v) is 3.43. The second-order valence-corrected chi connectivity index (χ2v) is 5.92. The van der Waals surface area contributed by atoms with E-state index in [4.69, 9.17) is 35.7 Å². The fourth-order valence-electron chi connectivity index (χ4n) is 0.591. The molecule has 0 heterocycles. The Balaban J connectivity index is -0.000000230. The smallest absolute Gasteiger partial charge is 0.511 e. The lowest BCUT2D eigenvalue weighted by molar-refractivity contribution is 0.108. The summed E-state index contributed by atoms with van der Waals surface area (Å²) in [4.78, 5) is 14.3. The molecule has 20 heavy (non-hydrogen) atoms. The first-order valence-corrected chi connectivity index (χ1v) is 7.90. The van der Waals surface area contributed by atoms with Crippen LogP contribution in [0, 0.1) is 0 Å². The van der Waals surface area contributed by atoms with E-state index in [9.17, 15) is 0 Å². The molecule has 0 aliphatic rings. The van der Waals surface area contributed by atoms with Crippen LogP contribution in [-0.2, 0) is 4.46 Å². The van der Waals surface area contributed by atoms with Crippen LogP contribution in [0.2, 0.25) is 0 Å². The van der Waals surface area contributed by atoms with Crippen LogP contribution in [0.1, 0.15) is 54.4 Å². The van der Waals surface area contributed by atoms with Gasteiger partial charge in [0.1, 0.15) is 0 Å². The van der Waals surface area contributed by atoms with E-state index in [0.717, 1.165) is 12.8 Å². The maximum Gasteiger partial charge on any atom is 0.761 e. The second-order valence-electron chi connectivity index (χ2n) is 5.35. The molecule has 0 aliphatic carbocycles. The number of hydrogen-bond acceptors (Lipinski definition) is 5. The molecule has 0 aromatic rings. The van der Waals surface area contributed by atoms with Gasteiger partial charge in [-0.25, -0.2) is 0 Å². The number of aliphatic hydroxyl groups excluding tert-OH is 2. The maximum atomic E-state index is 8.96. The van der Waals surface area contributed by atoms with Crippen LogP contribution in [-0.4, -0.2) is 52.3 Å². The zero-order chi connectivity index (χ0) is 17.1. The minimum absolute atomic E-state index is 0.403. The van der Waals surface area contributed by atoms with E-state index < -0.39 is 32.5 Å². The number of hydrogen-bond donors (Lipinski definition) is 6. The van der Waals surface area contributed by atoms with Gasteiger partial charge in [0, 0.05) is 11.1 Å². The van der Waals surface area contributed by atoms with E-state index in [0.29, 0.717) is 0 Å². The number of aliphatic hydroxyl groups is 2. The molecule has 0 bridgehead atoms. The molecular formula is C12H32N2O5Si. The molecule has 0 saturated heterocycles. The van der Waals surface area contributed by atoms with Crippen LogP contribution in [0.25, 0.3) is 0 Å². The first-order chi connectivity index (χ1) is 8.74. The van der Waals surface area contributed by atoms with Crippen molar-refractivity contribution >= 4 is 9.17 Å². The summed E-state index contributed by atoms with van der Waals surface area (Å²) in [6, 6.07) is 0. The van der Waals surface area contributed by atoms with Crippen LogP contribution in [0.3, 0.4) is 0 Å². The second kappa shape index (κ2) is 11.2. The summed E-state index contributed by atoms with van der Waals surface area (Å²) < 4.78 is 8.74. The minimum atomic E-state index is -3.13. The zero-order valence-electron chi connectivity index (χ0n) is 13.4. The quantitative estimate of drug-likeness (QED) is 0.378. The molecule has 8 N–H and O–H groups in total. The average molecular weight is 312 g/mol. The van der Waals surface area contributed by atoms with Gasteiger partial charge in [-0.1, -0.05) is 13.8 Å². The normalized spacial score (nSPS) is 18.9. The van der Waals surface area contributed by atoms with E-state index in [1.54, 1.807) is 13.8 Å². The van der Waals surface area contributed by atoms with Crippen molar-refractivity contribution in [3.63, 3.8) is 0 Å². The third-order valence-electron chi connectivity index (χ3n) is 3.43. The molecule has 4 unspecified atom stereocenters. The molecule has 0 aromatic heterocycles. The molecule has 4 atom stereocenters. The van der Waals surface area contributed by atoms with E-state index in [-0.39, 0.29) is 0 Å². The summed E-state index contributed by atoms with van der Waals surface area (Å²) in [7, 11) is -3.13. The Morgan fingerprint density at radius 3 is 1.10 bits per heavy atom. The highest BCUT2D eigenvalue weighted by molar-refractivity contribution is 6.22. The van der Waals surface area contributed by atoms with Gasteiger partial charge in [-0.3, -0.25) is 4.46 Å². The highest BCUT2D eigenvalue weighted by Gasteiger charge is 2.21. The van der Waals surface area contributed by atoms with Crippen molar-refractivity contribution in [2.45, 2.75) is 77.7 Å². The van der Waals surface area contributed by atoms with Crippen molar-refractivity contribution in [1.29, 1.82) is 0 Å². The molecule has 0 radical (unpaired) electrons. The Hall–Kier alpha value is -0.543. The van der Waals surface area contributed by atoms with Crippen LogP contribution in [0.15, 0.2) is 0 Å². The standard InChI is InChI=1S/2C6H15NO.H2O3Si/c2*1-4-6(3,7)5(2)8;1-4(2)3/h2*5,8H,4,7H2,1-3H3;1-2H. The Morgan fingerprint density at radius 2 is 1.10 bits per heavy atom. The average Bonchev–Trinajstić information content (AvgIpc) is 2.28. The van der Waals surface area contributed by atoms with E-state index in [1.165, 1.54) is 0 Å². The number of rotatable bonds is 4. The van der Waals surface area contributed by atoms with Gasteiger partial charge in [0.25, 0.3) is 0 Å². The first-order valence-electron chi connectivity index (χ1n) is 6.60. The summed E-state index contributed by atoms with van der Waals surface area (Å²) >= 11 is 0. The van der Waals surface area contributed by atoms with Gasteiger partial charge in [0.05, 0.1) is 12.2 Å². The van der Waals surface area contributed by atoms with Crippen molar-refractivity contribution in [3.05, 3.63) is 0 Å². The van der Waals surface area contributed by atoms with E-state index >= 15 is 0 Å². The molecule has 0 fully saturated rings. The number of nitrogens with two attached hydrogens (primary N) is 2. The van der Waals surface area contributed by atoms with Gasteiger partial charge < -0.3 is 31.3 Å². The van der Waals surface area contributed by atoms with Gasteiger partial charge in [-0.15, -0.1) is 0 Å². The van der Waals surface area contributed by atoms with Gasteiger partial charge in [-0.05, 0) is 40.5 Å². The molecular weight excluding hydrogens is 280 g/mol. The molecule has 0 aromatic carbocycles.